The van der Waals surface area contributed by atoms with Crippen LogP contribution in [0.2, 0.25) is 0 Å². The Balaban J connectivity index is 2.02. The molecule has 22 heavy (non-hydrogen) atoms. The first-order valence-corrected chi connectivity index (χ1v) is 7.51. The van der Waals surface area contributed by atoms with Gasteiger partial charge in [0.2, 0.25) is 0 Å². The fourth-order valence-electron chi connectivity index (χ4n) is 2.34. The second kappa shape index (κ2) is 6.79. The molecule has 0 spiro atoms. The van der Waals surface area contributed by atoms with Gasteiger partial charge < -0.3 is 19.6 Å². The minimum Gasteiger partial charge on any atom is -0.407 e. The van der Waals surface area contributed by atoms with Gasteiger partial charge in [-0.1, -0.05) is 31.5 Å². The van der Waals surface area contributed by atoms with Crippen LogP contribution in [0.4, 0.5) is 10.5 Å². The lowest BCUT2D eigenvalue weighted by atomic mass is 10.2. The quantitative estimate of drug-likeness (QED) is 0.845. The molecule has 1 N–H and O–H groups in total. The van der Waals surface area contributed by atoms with E-state index in [1.807, 2.05) is 25.1 Å². The fraction of sp³-hybridized carbons (Fsp3) is 0.500. The van der Waals surface area contributed by atoms with Crippen LogP contribution in [0, 0.1) is 0 Å². The Kier molecular flexibility index (Phi) is 5.03. The fourth-order valence-corrected chi connectivity index (χ4v) is 2.34. The molecule has 0 aliphatic carbocycles. The van der Waals surface area contributed by atoms with Crippen molar-refractivity contribution in [2.45, 2.75) is 32.0 Å². The van der Waals surface area contributed by atoms with E-state index in [-0.39, 0.29) is 6.42 Å². The first-order valence-electron chi connectivity index (χ1n) is 7.51. The highest BCUT2D eigenvalue weighted by Crippen LogP contribution is 2.29. The lowest BCUT2D eigenvalue weighted by Gasteiger charge is -2.25. The van der Waals surface area contributed by atoms with Crippen LogP contribution in [-0.4, -0.2) is 47.9 Å². The number of para-hydroxylation sites is 1. The van der Waals surface area contributed by atoms with Crippen molar-refractivity contribution in [1.82, 2.24) is 4.90 Å². The molecule has 6 nitrogen and oxygen atoms in total. The van der Waals surface area contributed by atoms with Crippen LogP contribution in [0.15, 0.2) is 30.3 Å². The van der Waals surface area contributed by atoms with Crippen LogP contribution in [0.1, 0.15) is 26.2 Å². The molecule has 120 valence electrons. The van der Waals surface area contributed by atoms with Gasteiger partial charge in [0.25, 0.3) is 11.7 Å². The zero-order valence-electron chi connectivity index (χ0n) is 13.0. The monoisotopic (exact) mass is 306 g/mol. The molecular formula is C16H22N2O4. The third kappa shape index (κ3) is 3.39. The van der Waals surface area contributed by atoms with E-state index in [0.29, 0.717) is 18.8 Å². The normalized spacial score (nSPS) is 21.0. The Morgan fingerprint density at radius 3 is 2.73 bits per heavy atom. The molecule has 0 saturated carbocycles. The van der Waals surface area contributed by atoms with E-state index in [4.69, 9.17) is 4.74 Å². The molecule has 0 unspecified atom stereocenters. The largest absolute Gasteiger partial charge is 0.412 e. The molecule has 1 aromatic rings. The van der Waals surface area contributed by atoms with Crippen molar-refractivity contribution >= 4 is 17.7 Å². The summed E-state index contributed by atoms with van der Waals surface area (Å²) in [5, 5.41) is 10.4. The number of amides is 2. The van der Waals surface area contributed by atoms with Crippen LogP contribution in [0.25, 0.3) is 0 Å². The number of anilines is 1. The van der Waals surface area contributed by atoms with Crippen molar-refractivity contribution < 1.29 is 19.4 Å². The molecule has 2 rings (SSSR count). The molecule has 6 heteroatoms. The molecule has 1 aromatic carbocycles. The zero-order valence-corrected chi connectivity index (χ0v) is 13.0. The lowest BCUT2D eigenvalue weighted by molar-refractivity contribution is -0.178. The molecule has 0 aromatic heterocycles. The van der Waals surface area contributed by atoms with Crippen LogP contribution in [-0.2, 0) is 9.53 Å². The standard InChI is InChI=1S/C16H22N2O4/c1-3-4-11-17(2)15(20)22-16(21)10-12-18(14(16)19)13-8-6-5-7-9-13/h5-9,21H,3-4,10-12H2,1-2H3/t16-/m0/s1. The Morgan fingerprint density at radius 2 is 2.09 bits per heavy atom. The van der Waals surface area contributed by atoms with Gasteiger partial charge in [0.15, 0.2) is 0 Å². The van der Waals surface area contributed by atoms with Crippen molar-refractivity contribution in [1.29, 1.82) is 0 Å². The van der Waals surface area contributed by atoms with Crippen LogP contribution < -0.4 is 4.90 Å². The molecule has 1 fully saturated rings. The highest BCUT2D eigenvalue weighted by Gasteiger charge is 2.49. The summed E-state index contributed by atoms with van der Waals surface area (Å²) in [6.07, 6.45) is 1.17. The Hall–Kier alpha value is -2.08. The molecular weight excluding hydrogens is 284 g/mol. The van der Waals surface area contributed by atoms with Crippen molar-refractivity contribution in [2.24, 2.45) is 0 Å². The third-order valence-corrected chi connectivity index (χ3v) is 3.74. The zero-order chi connectivity index (χ0) is 16.2. The smallest absolute Gasteiger partial charge is 0.407 e. The van der Waals surface area contributed by atoms with E-state index in [1.165, 1.54) is 9.80 Å². The van der Waals surface area contributed by atoms with Crippen molar-refractivity contribution in [3.8, 4) is 0 Å². The first kappa shape index (κ1) is 16.3. The van der Waals surface area contributed by atoms with E-state index < -0.39 is 17.8 Å². The van der Waals surface area contributed by atoms with Gasteiger partial charge in [-0.2, -0.15) is 0 Å². The molecule has 1 heterocycles. The Morgan fingerprint density at radius 1 is 1.41 bits per heavy atom. The summed E-state index contributed by atoms with van der Waals surface area (Å²) in [6.45, 7) is 2.86. The molecule has 1 aliphatic rings. The predicted octanol–water partition coefficient (Wildman–Crippen LogP) is 1.98. The lowest BCUT2D eigenvalue weighted by Crippen LogP contribution is -2.46. The number of benzene rings is 1. The van der Waals surface area contributed by atoms with E-state index in [1.54, 1.807) is 19.2 Å². The minimum atomic E-state index is -2.08. The summed E-state index contributed by atoms with van der Waals surface area (Å²) < 4.78 is 5.07. The van der Waals surface area contributed by atoms with E-state index in [2.05, 4.69) is 0 Å². The average molecular weight is 306 g/mol. The number of nitrogens with zero attached hydrogens (tertiary/aromatic N) is 2. The number of rotatable bonds is 5. The molecule has 2 amide bonds. The van der Waals surface area contributed by atoms with Gasteiger partial charge in [-0.05, 0) is 18.6 Å². The number of hydrogen-bond acceptors (Lipinski definition) is 4. The summed E-state index contributed by atoms with van der Waals surface area (Å²) >= 11 is 0. The number of unbranched alkanes of at least 4 members (excludes halogenated alkanes) is 1. The molecule has 0 bridgehead atoms. The second-order valence-corrected chi connectivity index (χ2v) is 5.47. The van der Waals surface area contributed by atoms with Crippen LogP contribution in [0.3, 0.4) is 0 Å². The number of hydrogen-bond donors (Lipinski definition) is 1. The average Bonchev–Trinajstić information content (AvgIpc) is 2.81. The second-order valence-electron chi connectivity index (χ2n) is 5.47. The highest BCUT2D eigenvalue weighted by atomic mass is 16.7. The predicted molar refractivity (Wildman–Crippen MR) is 82.4 cm³/mol. The molecule has 1 aliphatic heterocycles. The van der Waals surface area contributed by atoms with Crippen molar-refractivity contribution in [3.63, 3.8) is 0 Å². The van der Waals surface area contributed by atoms with Gasteiger partial charge in [0, 0.05) is 32.2 Å². The number of ether oxygens (including phenoxy) is 1. The number of aliphatic hydroxyl groups is 1. The highest BCUT2D eigenvalue weighted by molar-refractivity contribution is 6.01. The summed E-state index contributed by atoms with van der Waals surface area (Å²) in [5.74, 6) is -2.68. The third-order valence-electron chi connectivity index (χ3n) is 3.74. The van der Waals surface area contributed by atoms with Gasteiger partial charge >= 0.3 is 6.09 Å². The van der Waals surface area contributed by atoms with Gasteiger partial charge in [0.05, 0.1) is 0 Å². The maximum atomic E-state index is 12.4. The van der Waals surface area contributed by atoms with Gasteiger partial charge in [0.1, 0.15) is 0 Å². The molecule has 1 atom stereocenters. The van der Waals surface area contributed by atoms with Gasteiger partial charge in [-0.25, -0.2) is 4.79 Å². The first-order chi connectivity index (χ1) is 10.5. The SMILES string of the molecule is CCCCN(C)C(=O)O[C@@]1(O)CCN(c2ccccc2)C1=O. The van der Waals surface area contributed by atoms with E-state index in [0.717, 1.165) is 12.8 Å². The van der Waals surface area contributed by atoms with Gasteiger partial charge in [-0.3, -0.25) is 4.79 Å². The van der Waals surface area contributed by atoms with Crippen LogP contribution in [0.5, 0.6) is 0 Å². The topological polar surface area (TPSA) is 70.1 Å². The Bertz CT molecular complexity index is 534. The number of carbonyl (C=O) groups excluding carboxylic acids is 2. The minimum absolute atomic E-state index is 0.0636. The maximum absolute atomic E-state index is 12.4. The van der Waals surface area contributed by atoms with E-state index in [9.17, 15) is 14.7 Å². The Labute approximate surface area is 130 Å². The summed E-state index contributed by atoms with van der Waals surface area (Å²) in [7, 11) is 1.59. The van der Waals surface area contributed by atoms with Gasteiger partial charge in [-0.15, -0.1) is 0 Å². The molecule has 1 saturated heterocycles. The van der Waals surface area contributed by atoms with Crippen molar-refractivity contribution in [3.05, 3.63) is 30.3 Å². The molecule has 0 radical (unpaired) electrons. The summed E-state index contributed by atoms with van der Waals surface area (Å²) in [6, 6.07) is 9.02. The van der Waals surface area contributed by atoms with Crippen molar-refractivity contribution in [2.75, 3.05) is 25.0 Å². The summed E-state index contributed by atoms with van der Waals surface area (Å²) in [5.41, 5.74) is 0.679. The summed E-state index contributed by atoms with van der Waals surface area (Å²) in [4.78, 5) is 27.2. The number of carbonyl (C=O) groups is 2. The van der Waals surface area contributed by atoms with E-state index >= 15 is 0 Å². The van der Waals surface area contributed by atoms with Crippen LogP contribution >= 0.6 is 0 Å². The maximum Gasteiger partial charge on any atom is 0.412 e.